The van der Waals surface area contributed by atoms with Crippen LogP contribution in [0.2, 0.25) is 0 Å². The number of benzene rings is 1. The number of carbonyl (C=O) groups is 2. The van der Waals surface area contributed by atoms with Crippen molar-refractivity contribution in [2.75, 3.05) is 6.61 Å². The van der Waals surface area contributed by atoms with E-state index >= 15 is 0 Å². The first kappa shape index (κ1) is 11.4. The van der Waals surface area contributed by atoms with Crippen molar-refractivity contribution >= 4 is 11.8 Å². The lowest BCUT2D eigenvalue weighted by Gasteiger charge is -2.02. The quantitative estimate of drug-likeness (QED) is 0.419. The third-order valence-corrected chi connectivity index (χ3v) is 1.97. The lowest BCUT2D eigenvalue weighted by Crippen LogP contribution is -2.14. The van der Waals surface area contributed by atoms with E-state index in [1.165, 1.54) is 12.5 Å². The minimum atomic E-state index is -0.747. The molecule has 1 aromatic carbocycles. The normalized spacial score (nSPS) is 9.67. The summed E-state index contributed by atoms with van der Waals surface area (Å²) in [5.74, 6) is -1.29. The molecule has 0 bridgehead atoms. The van der Waals surface area contributed by atoms with Gasteiger partial charge in [0.25, 0.3) is 0 Å². The molecule has 15 heavy (non-hydrogen) atoms. The van der Waals surface area contributed by atoms with Gasteiger partial charge in [0.05, 0.1) is 6.61 Å². The number of Topliss-reactive ketones (excluding diaryl/α,β-unsaturated/α-hetero) is 1. The molecule has 3 nitrogen and oxygen atoms in total. The van der Waals surface area contributed by atoms with Crippen LogP contribution in [0.3, 0.4) is 0 Å². The van der Waals surface area contributed by atoms with Gasteiger partial charge in [0.15, 0.2) is 0 Å². The largest absolute Gasteiger partial charge is 0.460 e. The Hall–Kier alpha value is -1.64. The second-order valence-electron chi connectivity index (χ2n) is 3.28. The Morgan fingerprint density at radius 3 is 2.47 bits per heavy atom. The maximum Gasteiger partial charge on any atom is 0.374 e. The molecule has 0 radical (unpaired) electrons. The molecule has 0 aliphatic rings. The number of esters is 1. The minimum absolute atomic E-state index is 0.299. The molecule has 0 unspecified atom stereocenters. The molecule has 0 atom stereocenters. The van der Waals surface area contributed by atoms with Gasteiger partial charge in [0.2, 0.25) is 5.78 Å². The Balaban J connectivity index is 2.18. The fraction of sp³-hybridized carbons (Fsp3) is 0.333. The first-order valence-electron chi connectivity index (χ1n) is 4.92. The van der Waals surface area contributed by atoms with Crippen LogP contribution >= 0.6 is 0 Å². The van der Waals surface area contributed by atoms with Gasteiger partial charge in [-0.2, -0.15) is 0 Å². The van der Waals surface area contributed by atoms with Gasteiger partial charge in [0, 0.05) is 6.92 Å². The molecule has 0 spiro atoms. The van der Waals surface area contributed by atoms with E-state index in [2.05, 4.69) is 0 Å². The van der Waals surface area contributed by atoms with E-state index in [0.29, 0.717) is 6.61 Å². The van der Waals surface area contributed by atoms with E-state index in [9.17, 15) is 9.59 Å². The fourth-order valence-electron chi connectivity index (χ4n) is 1.19. The summed E-state index contributed by atoms with van der Waals surface area (Å²) in [5.41, 5.74) is 1.20. The topological polar surface area (TPSA) is 43.4 Å². The SMILES string of the molecule is CC(=O)C(=O)OCCCc1ccccc1. The van der Waals surface area contributed by atoms with E-state index in [-0.39, 0.29) is 0 Å². The molecule has 80 valence electrons. The average molecular weight is 206 g/mol. The molecular weight excluding hydrogens is 192 g/mol. The predicted octanol–water partition coefficient (Wildman–Crippen LogP) is 1.75. The zero-order valence-electron chi connectivity index (χ0n) is 8.73. The summed E-state index contributed by atoms with van der Waals surface area (Å²) in [5, 5.41) is 0. The van der Waals surface area contributed by atoms with Crippen molar-refractivity contribution in [3.63, 3.8) is 0 Å². The van der Waals surface area contributed by atoms with Crippen molar-refractivity contribution in [2.45, 2.75) is 19.8 Å². The highest BCUT2D eigenvalue weighted by molar-refractivity contribution is 6.32. The lowest BCUT2D eigenvalue weighted by atomic mass is 10.1. The average Bonchev–Trinajstić information content (AvgIpc) is 2.25. The third kappa shape index (κ3) is 4.40. The summed E-state index contributed by atoms with van der Waals surface area (Å²) >= 11 is 0. The van der Waals surface area contributed by atoms with Crippen LogP contribution in [0.5, 0.6) is 0 Å². The van der Waals surface area contributed by atoms with Crippen LogP contribution in [0, 0.1) is 0 Å². The Morgan fingerprint density at radius 1 is 1.20 bits per heavy atom. The van der Waals surface area contributed by atoms with Crippen molar-refractivity contribution in [1.82, 2.24) is 0 Å². The number of ether oxygens (including phenoxy) is 1. The number of hydrogen-bond donors (Lipinski definition) is 0. The van der Waals surface area contributed by atoms with Crippen molar-refractivity contribution < 1.29 is 14.3 Å². The molecule has 1 rings (SSSR count). The molecule has 0 fully saturated rings. The summed E-state index contributed by atoms with van der Waals surface area (Å²) in [6.45, 7) is 1.51. The third-order valence-electron chi connectivity index (χ3n) is 1.97. The van der Waals surface area contributed by atoms with E-state index in [1.54, 1.807) is 0 Å². The fourth-order valence-corrected chi connectivity index (χ4v) is 1.19. The van der Waals surface area contributed by atoms with Crippen LogP contribution < -0.4 is 0 Å². The molecule has 0 aromatic heterocycles. The van der Waals surface area contributed by atoms with Crippen LogP contribution in [0.4, 0.5) is 0 Å². The molecule has 0 aliphatic heterocycles. The molecule has 1 aromatic rings. The van der Waals surface area contributed by atoms with Crippen LogP contribution in [-0.4, -0.2) is 18.4 Å². The second kappa shape index (κ2) is 5.96. The van der Waals surface area contributed by atoms with E-state index in [1.807, 2.05) is 30.3 Å². The van der Waals surface area contributed by atoms with Gasteiger partial charge in [-0.05, 0) is 18.4 Å². The van der Waals surface area contributed by atoms with Crippen LogP contribution in [0.25, 0.3) is 0 Å². The summed E-state index contributed by atoms with van der Waals surface area (Å²) < 4.78 is 4.74. The second-order valence-corrected chi connectivity index (χ2v) is 3.28. The summed E-state index contributed by atoms with van der Waals surface area (Å²) in [4.78, 5) is 21.3. The van der Waals surface area contributed by atoms with E-state index < -0.39 is 11.8 Å². The zero-order chi connectivity index (χ0) is 11.1. The highest BCUT2D eigenvalue weighted by Gasteiger charge is 2.07. The number of aryl methyl sites for hydroxylation is 1. The van der Waals surface area contributed by atoms with Gasteiger partial charge in [-0.15, -0.1) is 0 Å². The number of rotatable bonds is 5. The maximum absolute atomic E-state index is 10.8. The molecule has 3 heteroatoms. The molecule has 0 N–H and O–H groups in total. The highest BCUT2D eigenvalue weighted by Crippen LogP contribution is 2.02. The Kier molecular flexibility index (Phi) is 4.54. The molecule has 0 saturated heterocycles. The maximum atomic E-state index is 10.8. The lowest BCUT2D eigenvalue weighted by molar-refractivity contribution is -0.153. The van der Waals surface area contributed by atoms with Crippen molar-refractivity contribution in [1.29, 1.82) is 0 Å². The number of carbonyl (C=O) groups excluding carboxylic acids is 2. The summed E-state index contributed by atoms with van der Waals surface area (Å²) in [6.07, 6.45) is 1.59. The van der Waals surface area contributed by atoms with Gasteiger partial charge in [-0.1, -0.05) is 30.3 Å². The van der Waals surface area contributed by atoms with Crippen LogP contribution in [0.15, 0.2) is 30.3 Å². The molecular formula is C12H14O3. The van der Waals surface area contributed by atoms with Crippen molar-refractivity contribution in [2.24, 2.45) is 0 Å². The van der Waals surface area contributed by atoms with Gasteiger partial charge < -0.3 is 4.74 Å². The first-order valence-corrected chi connectivity index (χ1v) is 4.92. The summed E-state index contributed by atoms with van der Waals surface area (Å²) in [6, 6.07) is 9.94. The molecule has 0 amide bonds. The van der Waals surface area contributed by atoms with Gasteiger partial charge in [0.1, 0.15) is 0 Å². The highest BCUT2D eigenvalue weighted by atomic mass is 16.5. The van der Waals surface area contributed by atoms with Crippen molar-refractivity contribution in [3.05, 3.63) is 35.9 Å². The molecule has 0 aliphatic carbocycles. The van der Waals surface area contributed by atoms with E-state index in [4.69, 9.17) is 4.74 Å². The van der Waals surface area contributed by atoms with Crippen LogP contribution in [-0.2, 0) is 20.7 Å². The van der Waals surface area contributed by atoms with Crippen LogP contribution in [0.1, 0.15) is 18.9 Å². The first-order chi connectivity index (χ1) is 7.20. The van der Waals surface area contributed by atoms with E-state index in [0.717, 1.165) is 12.8 Å². The smallest absolute Gasteiger partial charge is 0.374 e. The predicted molar refractivity (Wildman–Crippen MR) is 56.4 cm³/mol. The van der Waals surface area contributed by atoms with Gasteiger partial charge >= 0.3 is 5.97 Å². The summed E-state index contributed by atoms with van der Waals surface area (Å²) in [7, 11) is 0. The number of hydrogen-bond acceptors (Lipinski definition) is 3. The van der Waals surface area contributed by atoms with Crippen molar-refractivity contribution in [3.8, 4) is 0 Å². The molecule has 0 heterocycles. The Bertz CT molecular complexity index is 330. The minimum Gasteiger partial charge on any atom is -0.460 e. The Labute approximate surface area is 89.1 Å². The Morgan fingerprint density at radius 2 is 1.87 bits per heavy atom. The standard InChI is InChI=1S/C12H14O3/c1-10(13)12(14)15-9-5-8-11-6-3-2-4-7-11/h2-4,6-7H,5,8-9H2,1H3. The van der Waals surface area contributed by atoms with Gasteiger partial charge in [-0.25, -0.2) is 4.79 Å². The zero-order valence-corrected chi connectivity index (χ0v) is 8.73. The van der Waals surface area contributed by atoms with Gasteiger partial charge in [-0.3, -0.25) is 4.79 Å². The molecule has 0 saturated carbocycles. The monoisotopic (exact) mass is 206 g/mol. The number of ketones is 1.